The average Bonchev–Trinajstić information content (AvgIpc) is 2.66. The Labute approximate surface area is 128 Å². The molecule has 0 bridgehead atoms. The van der Waals surface area contributed by atoms with Crippen LogP contribution in [0.4, 0.5) is 0 Å². The van der Waals surface area contributed by atoms with Gasteiger partial charge in [-0.1, -0.05) is 12.8 Å². The number of primary amides is 1. The van der Waals surface area contributed by atoms with E-state index in [1.54, 1.807) is 0 Å². The highest BCUT2D eigenvalue weighted by molar-refractivity contribution is 5.80. The molecule has 1 saturated carbocycles. The lowest BCUT2D eigenvalue weighted by Gasteiger charge is -2.40. The van der Waals surface area contributed by atoms with Crippen molar-refractivity contribution in [1.82, 2.24) is 9.80 Å². The van der Waals surface area contributed by atoms with Crippen molar-refractivity contribution in [2.24, 2.45) is 11.7 Å². The molecule has 1 amide bonds. The molecule has 0 radical (unpaired) electrons. The summed E-state index contributed by atoms with van der Waals surface area (Å²) >= 11 is 0. The first-order valence-electron chi connectivity index (χ1n) is 8.47. The Hall–Kier alpha value is -0.650. The Morgan fingerprint density at radius 2 is 1.95 bits per heavy atom. The van der Waals surface area contributed by atoms with Crippen LogP contribution < -0.4 is 5.73 Å². The quantitative estimate of drug-likeness (QED) is 0.825. The van der Waals surface area contributed by atoms with Crippen molar-refractivity contribution >= 4 is 5.91 Å². The Balaban J connectivity index is 2.10. The van der Waals surface area contributed by atoms with Gasteiger partial charge in [-0.2, -0.15) is 0 Å². The number of rotatable bonds is 5. The lowest BCUT2D eigenvalue weighted by molar-refractivity contribution is -0.129. The molecular formula is C16H31N3O2. The Morgan fingerprint density at radius 1 is 1.19 bits per heavy atom. The SMILES string of the molecule is CCOC1CCCCC1C(C(N)=O)N1CCCN(C)CC1. The van der Waals surface area contributed by atoms with Crippen molar-refractivity contribution in [1.29, 1.82) is 0 Å². The fraction of sp³-hybridized carbons (Fsp3) is 0.938. The maximum atomic E-state index is 12.2. The third-order valence-corrected chi connectivity index (χ3v) is 4.98. The van der Waals surface area contributed by atoms with E-state index in [1.165, 1.54) is 12.8 Å². The van der Waals surface area contributed by atoms with Gasteiger partial charge < -0.3 is 15.4 Å². The van der Waals surface area contributed by atoms with Crippen LogP contribution in [0.25, 0.3) is 0 Å². The van der Waals surface area contributed by atoms with Crippen LogP contribution in [0.2, 0.25) is 0 Å². The summed E-state index contributed by atoms with van der Waals surface area (Å²) in [5.41, 5.74) is 5.79. The van der Waals surface area contributed by atoms with E-state index in [0.717, 1.165) is 52.0 Å². The summed E-state index contributed by atoms with van der Waals surface area (Å²) in [7, 11) is 2.15. The van der Waals surface area contributed by atoms with E-state index in [9.17, 15) is 4.79 Å². The molecule has 3 unspecified atom stereocenters. The van der Waals surface area contributed by atoms with Gasteiger partial charge in [0.25, 0.3) is 0 Å². The molecule has 1 saturated heterocycles. The van der Waals surface area contributed by atoms with Crippen LogP contribution in [0.3, 0.4) is 0 Å². The van der Waals surface area contributed by atoms with E-state index in [4.69, 9.17) is 10.5 Å². The van der Waals surface area contributed by atoms with Crippen molar-refractivity contribution in [3.63, 3.8) is 0 Å². The number of hydrogen-bond acceptors (Lipinski definition) is 4. The van der Waals surface area contributed by atoms with Gasteiger partial charge in [0.05, 0.1) is 12.1 Å². The topological polar surface area (TPSA) is 58.8 Å². The molecule has 2 rings (SSSR count). The minimum absolute atomic E-state index is 0.159. The normalized spacial score (nSPS) is 30.8. The Bertz CT molecular complexity index is 335. The van der Waals surface area contributed by atoms with E-state index < -0.39 is 0 Å². The molecule has 2 aliphatic rings. The maximum Gasteiger partial charge on any atom is 0.235 e. The third-order valence-electron chi connectivity index (χ3n) is 4.98. The average molecular weight is 297 g/mol. The van der Waals surface area contributed by atoms with E-state index in [0.29, 0.717) is 0 Å². The molecule has 1 heterocycles. The molecule has 0 aromatic carbocycles. The molecular weight excluding hydrogens is 266 g/mol. The number of hydrogen-bond donors (Lipinski definition) is 1. The summed E-state index contributed by atoms with van der Waals surface area (Å²) in [5, 5.41) is 0. The van der Waals surface area contributed by atoms with Crippen molar-refractivity contribution < 1.29 is 9.53 Å². The summed E-state index contributed by atoms with van der Waals surface area (Å²) in [4.78, 5) is 16.8. The predicted octanol–water partition coefficient (Wildman–Crippen LogP) is 1.07. The minimum atomic E-state index is -0.170. The second-order valence-corrected chi connectivity index (χ2v) is 6.48. The van der Waals surface area contributed by atoms with Gasteiger partial charge in [-0.15, -0.1) is 0 Å². The third kappa shape index (κ3) is 4.41. The Morgan fingerprint density at radius 3 is 2.67 bits per heavy atom. The van der Waals surface area contributed by atoms with Gasteiger partial charge in [0.1, 0.15) is 0 Å². The second-order valence-electron chi connectivity index (χ2n) is 6.48. The van der Waals surface area contributed by atoms with Crippen LogP contribution in [-0.4, -0.2) is 67.7 Å². The van der Waals surface area contributed by atoms with Gasteiger partial charge in [0.2, 0.25) is 5.91 Å². The van der Waals surface area contributed by atoms with Crippen LogP contribution in [-0.2, 0) is 9.53 Å². The van der Waals surface area contributed by atoms with Crippen molar-refractivity contribution in [2.45, 2.75) is 51.2 Å². The van der Waals surface area contributed by atoms with E-state index in [-0.39, 0.29) is 24.0 Å². The zero-order chi connectivity index (χ0) is 15.2. The second kappa shape index (κ2) is 8.11. The lowest BCUT2D eigenvalue weighted by atomic mass is 9.80. The number of carbonyl (C=O) groups is 1. The zero-order valence-electron chi connectivity index (χ0n) is 13.6. The van der Waals surface area contributed by atoms with Crippen LogP contribution in [0.15, 0.2) is 0 Å². The van der Waals surface area contributed by atoms with Crippen LogP contribution >= 0.6 is 0 Å². The monoisotopic (exact) mass is 297 g/mol. The minimum Gasteiger partial charge on any atom is -0.378 e. The van der Waals surface area contributed by atoms with Crippen molar-refractivity contribution in [3.8, 4) is 0 Å². The summed E-state index contributed by atoms with van der Waals surface area (Å²) < 4.78 is 5.92. The Kier molecular flexibility index (Phi) is 6.45. The molecule has 0 aromatic rings. The zero-order valence-corrected chi connectivity index (χ0v) is 13.6. The largest absolute Gasteiger partial charge is 0.378 e. The standard InChI is InChI=1S/C16H31N3O2/c1-3-21-14-8-5-4-7-13(14)15(16(17)20)19-10-6-9-18(2)11-12-19/h13-15H,3-12H2,1-2H3,(H2,17,20). The van der Waals surface area contributed by atoms with Crippen LogP contribution in [0, 0.1) is 5.92 Å². The van der Waals surface area contributed by atoms with Crippen LogP contribution in [0.1, 0.15) is 39.0 Å². The molecule has 2 N–H and O–H groups in total. The van der Waals surface area contributed by atoms with Gasteiger partial charge in [-0.25, -0.2) is 0 Å². The fourth-order valence-corrected chi connectivity index (χ4v) is 3.91. The summed E-state index contributed by atoms with van der Waals surface area (Å²) in [6, 6.07) is -0.159. The van der Waals surface area contributed by atoms with Gasteiger partial charge in [0, 0.05) is 32.2 Å². The maximum absolute atomic E-state index is 12.2. The number of likely N-dealkylation sites (N-methyl/N-ethyl adjacent to an activating group) is 1. The first-order valence-corrected chi connectivity index (χ1v) is 8.47. The molecule has 5 heteroatoms. The smallest absolute Gasteiger partial charge is 0.235 e. The molecule has 5 nitrogen and oxygen atoms in total. The highest BCUT2D eigenvalue weighted by atomic mass is 16.5. The number of amides is 1. The molecule has 1 aliphatic heterocycles. The van der Waals surface area contributed by atoms with Crippen molar-refractivity contribution in [2.75, 3.05) is 39.8 Å². The summed E-state index contributed by atoms with van der Waals surface area (Å²) in [6.45, 7) is 6.76. The highest BCUT2D eigenvalue weighted by Crippen LogP contribution is 2.32. The molecule has 2 fully saturated rings. The number of ether oxygens (including phenoxy) is 1. The number of carbonyl (C=O) groups excluding carboxylic acids is 1. The fourth-order valence-electron chi connectivity index (χ4n) is 3.91. The van der Waals surface area contributed by atoms with E-state index in [1.807, 2.05) is 6.92 Å². The predicted molar refractivity (Wildman–Crippen MR) is 84.0 cm³/mol. The van der Waals surface area contributed by atoms with E-state index >= 15 is 0 Å². The number of nitrogens with two attached hydrogens (primary N) is 1. The lowest BCUT2D eigenvalue weighted by Crippen LogP contribution is -2.54. The van der Waals surface area contributed by atoms with E-state index in [2.05, 4.69) is 16.8 Å². The van der Waals surface area contributed by atoms with Gasteiger partial charge in [0.15, 0.2) is 0 Å². The van der Waals surface area contributed by atoms with Gasteiger partial charge >= 0.3 is 0 Å². The van der Waals surface area contributed by atoms with Crippen molar-refractivity contribution in [3.05, 3.63) is 0 Å². The molecule has 122 valence electrons. The first-order chi connectivity index (χ1) is 10.1. The highest BCUT2D eigenvalue weighted by Gasteiger charge is 2.39. The van der Waals surface area contributed by atoms with Crippen LogP contribution in [0.5, 0.6) is 0 Å². The number of nitrogens with zero attached hydrogens (tertiary/aromatic N) is 2. The van der Waals surface area contributed by atoms with Gasteiger partial charge in [-0.3, -0.25) is 9.69 Å². The molecule has 3 atom stereocenters. The molecule has 0 spiro atoms. The molecule has 0 aromatic heterocycles. The van der Waals surface area contributed by atoms with Gasteiger partial charge in [-0.05, 0) is 39.8 Å². The first kappa shape index (κ1) is 16.7. The molecule has 1 aliphatic carbocycles. The molecule has 21 heavy (non-hydrogen) atoms. The summed E-state index contributed by atoms with van der Waals surface area (Å²) in [6.07, 6.45) is 5.82. The summed E-state index contributed by atoms with van der Waals surface area (Å²) in [5.74, 6) is 0.0933.